The summed E-state index contributed by atoms with van der Waals surface area (Å²) in [6.07, 6.45) is 0. The molecule has 0 aromatic rings. The molecular weight excluding hydrogens is 224 g/mol. The van der Waals surface area contributed by atoms with Gasteiger partial charge in [0.25, 0.3) is 0 Å². The van der Waals surface area contributed by atoms with Crippen molar-refractivity contribution < 1.29 is 19.2 Å². The number of nitrogens with zero attached hydrogens (tertiary/aromatic N) is 2. The predicted molar refractivity (Wildman–Crippen MR) is 47.5 cm³/mol. The molecule has 0 bridgehead atoms. The van der Waals surface area contributed by atoms with Crippen LogP contribution in [0, 0.1) is 0 Å². The van der Waals surface area contributed by atoms with Crippen LogP contribution in [0.2, 0.25) is 0 Å². The molecule has 10 N–H and O–H groups in total. The van der Waals surface area contributed by atoms with Crippen molar-refractivity contribution in [1.29, 1.82) is 0 Å². The summed E-state index contributed by atoms with van der Waals surface area (Å²) >= 11 is 0. The highest BCUT2D eigenvalue weighted by molar-refractivity contribution is 6.39. The molecule has 0 aromatic heterocycles. The molecule has 0 rings (SSSR count). The van der Waals surface area contributed by atoms with Crippen LogP contribution in [-0.4, -0.2) is 33.9 Å². The van der Waals surface area contributed by atoms with E-state index in [1.54, 1.807) is 0 Å². The van der Waals surface area contributed by atoms with E-state index in [1.807, 2.05) is 0 Å². The standard InChI is InChI=1S/C4H10N8O4/c5-9-3(15)11(7)1(13)2(14)12(8)4(16)10-6/h5-8H2,(H,9,15)(H,10,16). The Morgan fingerprint density at radius 3 is 1.19 bits per heavy atom. The van der Waals surface area contributed by atoms with E-state index in [-0.39, 0.29) is 10.0 Å². The first-order chi connectivity index (χ1) is 7.36. The van der Waals surface area contributed by atoms with Gasteiger partial charge in [0.15, 0.2) is 0 Å². The van der Waals surface area contributed by atoms with Crippen molar-refractivity contribution in [1.82, 2.24) is 20.9 Å². The van der Waals surface area contributed by atoms with Crippen LogP contribution in [0.25, 0.3) is 0 Å². The maximum absolute atomic E-state index is 11.1. The first-order valence-corrected chi connectivity index (χ1v) is 3.55. The van der Waals surface area contributed by atoms with E-state index < -0.39 is 23.9 Å². The number of hydrogen-bond acceptors (Lipinski definition) is 8. The summed E-state index contributed by atoms with van der Waals surface area (Å²) in [5.74, 6) is 15.9. The van der Waals surface area contributed by atoms with Crippen LogP contribution in [0.1, 0.15) is 0 Å². The van der Waals surface area contributed by atoms with Gasteiger partial charge in [-0.05, 0) is 0 Å². The number of imide groups is 2. The van der Waals surface area contributed by atoms with Crippen molar-refractivity contribution in [2.45, 2.75) is 0 Å². The lowest BCUT2D eigenvalue weighted by Crippen LogP contribution is -2.59. The SMILES string of the molecule is NNC(=O)N(N)C(=O)C(=O)N(N)C(=O)NN. The third-order valence-electron chi connectivity index (χ3n) is 1.31. The Balaban J connectivity index is 4.68. The Hall–Kier alpha value is -2.28. The Morgan fingerprint density at radius 1 is 0.750 bits per heavy atom. The monoisotopic (exact) mass is 234 g/mol. The quantitative estimate of drug-likeness (QED) is 0.104. The van der Waals surface area contributed by atoms with Crippen molar-refractivity contribution in [3.05, 3.63) is 0 Å². The second kappa shape index (κ2) is 5.56. The van der Waals surface area contributed by atoms with E-state index in [0.29, 0.717) is 0 Å². The Kier molecular flexibility index (Phi) is 4.77. The number of rotatable bonds is 0. The topological polar surface area (TPSA) is 203 Å². The first kappa shape index (κ1) is 13.7. The summed E-state index contributed by atoms with van der Waals surface area (Å²) in [7, 11) is 0. The van der Waals surface area contributed by atoms with Gasteiger partial charge < -0.3 is 0 Å². The molecule has 12 heteroatoms. The van der Waals surface area contributed by atoms with Gasteiger partial charge in [-0.15, -0.1) is 0 Å². The zero-order valence-electron chi connectivity index (χ0n) is 7.84. The fraction of sp³-hybridized carbons (Fsp3) is 0. The average molecular weight is 234 g/mol. The Morgan fingerprint density at radius 2 is 1.00 bits per heavy atom. The summed E-state index contributed by atoms with van der Waals surface area (Å²) < 4.78 is 0. The number of amides is 6. The van der Waals surface area contributed by atoms with Crippen LogP contribution in [0.5, 0.6) is 0 Å². The van der Waals surface area contributed by atoms with Gasteiger partial charge >= 0.3 is 23.9 Å². The van der Waals surface area contributed by atoms with Crippen molar-refractivity contribution in [3.8, 4) is 0 Å². The molecule has 12 nitrogen and oxygen atoms in total. The molecule has 0 spiro atoms. The maximum Gasteiger partial charge on any atom is 0.353 e. The lowest BCUT2D eigenvalue weighted by Gasteiger charge is -2.16. The van der Waals surface area contributed by atoms with Gasteiger partial charge in [0.05, 0.1) is 0 Å². The Labute approximate surface area is 88.3 Å². The van der Waals surface area contributed by atoms with Gasteiger partial charge in [0.1, 0.15) is 0 Å². The van der Waals surface area contributed by atoms with Crippen LogP contribution < -0.4 is 34.2 Å². The number of nitrogens with one attached hydrogen (secondary N) is 2. The van der Waals surface area contributed by atoms with Crippen molar-refractivity contribution >= 4 is 23.9 Å². The van der Waals surface area contributed by atoms with E-state index in [9.17, 15) is 19.2 Å². The molecule has 16 heavy (non-hydrogen) atoms. The minimum absolute atomic E-state index is 0.161. The van der Waals surface area contributed by atoms with Gasteiger partial charge in [-0.25, -0.2) is 33.0 Å². The molecular formula is C4H10N8O4. The minimum atomic E-state index is -1.57. The molecule has 0 aliphatic rings. The van der Waals surface area contributed by atoms with Gasteiger partial charge in [-0.1, -0.05) is 0 Å². The maximum atomic E-state index is 11.1. The lowest BCUT2D eigenvalue weighted by molar-refractivity contribution is -0.148. The van der Waals surface area contributed by atoms with E-state index >= 15 is 0 Å². The zero-order chi connectivity index (χ0) is 12.9. The third kappa shape index (κ3) is 2.85. The highest BCUT2D eigenvalue weighted by atomic mass is 16.2. The lowest BCUT2D eigenvalue weighted by atomic mass is 10.5. The van der Waals surface area contributed by atoms with E-state index in [4.69, 9.17) is 11.7 Å². The van der Waals surface area contributed by atoms with Gasteiger partial charge in [0.2, 0.25) is 0 Å². The molecule has 0 unspecified atom stereocenters. The number of nitrogens with two attached hydrogens (primary N) is 4. The summed E-state index contributed by atoms with van der Waals surface area (Å²) in [6, 6.07) is -2.53. The summed E-state index contributed by atoms with van der Waals surface area (Å²) in [5, 5.41) is -0.321. The van der Waals surface area contributed by atoms with Gasteiger partial charge in [-0.2, -0.15) is 10.0 Å². The van der Waals surface area contributed by atoms with Crippen molar-refractivity contribution in [3.63, 3.8) is 0 Å². The minimum Gasteiger partial charge on any atom is -0.274 e. The number of hydrogen-bond donors (Lipinski definition) is 6. The van der Waals surface area contributed by atoms with Gasteiger partial charge in [0, 0.05) is 0 Å². The molecule has 0 saturated carbocycles. The van der Waals surface area contributed by atoms with Crippen LogP contribution in [-0.2, 0) is 9.59 Å². The summed E-state index contributed by atoms with van der Waals surface area (Å²) in [5.41, 5.74) is 2.97. The highest BCUT2D eigenvalue weighted by Gasteiger charge is 2.30. The molecule has 0 heterocycles. The molecule has 0 atom stereocenters. The zero-order valence-corrected chi connectivity index (χ0v) is 7.84. The second-order valence-electron chi connectivity index (χ2n) is 2.25. The molecule has 90 valence electrons. The fourth-order valence-corrected chi connectivity index (χ4v) is 0.530. The number of carbonyl (C=O) groups is 4. The first-order valence-electron chi connectivity index (χ1n) is 3.55. The molecule has 0 aromatic carbocycles. The summed E-state index contributed by atoms with van der Waals surface area (Å²) in [4.78, 5) is 43.6. The second-order valence-corrected chi connectivity index (χ2v) is 2.25. The van der Waals surface area contributed by atoms with Crippen LogP contribution in [0.15, 0.2) is 0 Å². The van der Waals surface area contributed by atoms with Crippen molar-refractivity contribution in [2.75, 3.05) is 0 Å². The molecule has 0 radical (unpaired) electrons. The van der Waals surface area contributed by atoms with Crippen molar-refractivity contribution in [2.24, 2.45) is 23.4 Å². The molecule has 0 aliphatic heterocycles. The fourth-order valence-electron chi connectivity index (χ4n) is 0.530. The number of hydrazine groups is 4. The van der Waals surface area contributed by atoms with E-state index in [0.717, 1.165) is 0 Å². The normalized spacial score (nSPS) is 9.00. The largest absolute Gasteiger partial charge is 0.353 e. The molecule has 6 amide bonds. The van der Waals surface area contributed by atoms with E-state index in [1.165, 1.54) is 10.9 Å². The number of urea groups is 2. The number of carbonyl (C=O) groups excluding carboxylic acids is 4. The van der Waals surface area contributed by atoms with E-state index in [2.05, 4.69) is 11.7 Å². The van der Waals surface area contributed by atoms with Crippen LogP contribution in [0.3, 0.4) is 0 Å². The predicted octanol–water partition coefficient (Wildman–Crippen LogP) is -4.44. The summed E-state index contributed by atoms with van der Waals surface area (Å²) in [6.45, 7) is 0. The average Bonchev–Trinajstić information content (AvgIpc) is 2.32. The molecule has 0 aliphatic carbocycles. The third-order valence-corrected chi connectivity index (χ3v) is 1.31. The Bertz CT molecular complexity index is 296. The van der Waals surface area contributed by atoms with Gasteiger partial charge in [-0.3, -0.25) is 20.4 Å². The highest BCUT2D eigenvalue weighted by Crippen LogP contribution is 1.88. The molecule has 0 saturated heterocycles. The molecule has 0 fully saturated rings. The van der Waals surface area contributed by atoms with Crippen LogP contribution in [0.4, 0.5) is 9.59 Å². The van der Waals surface area contributed by atoms with Crippen LogP contribution >= 0.6 is 0 Å². The smallest absolute Gasteiger partial charge is 0.274 e.